The van der Waals surface area contributed by atoms with Gasteiger partial charge in [0, 0.05) is 64.2 Å². The molecular formula is C24H39N9O2. The van der Waals surface area contributed by atoms with Crippen molar-refractivity contribution >= 4 is 29.5 Å². The van der Waals surface area contributed by atoms with E-state index in [1.807, 2.05) is 40.0 Å². The minimum absolute atomic E-state index is 0.0181. The number of rotatable bonds is 11. The van der Waals surface area contributed by atoms with Crippen LogP contribution in [-0.4, -0.2) is 91.5 Å². The van der Waals surface area contributed by atoms with Gasteiger partial charge in [0.2, 0.25) is 5.91 Å². The Morgan fingerprint density at radius 1 is 1.34 bits per heavy atom. The maximum Gasteiger partial charge on any atom is 0.233 e. The lowest BCUT2D eigenvalue weighted by Gasteiger charge is -2.25. The van der Waals surface area contributed by atoms with Crippen molar-refractivity contribution in [3.8, 4) is 0 Å². The van der Waals surface area contributed by atoms with E-state index in [4.69, 9.17) is 10.8 Å². The highest BCUT2D eigenvalue weighted by atomic mass is 16.3. The van der Waals surface area contributed by atoms with Crippen LogP contribution >= 0.6 is 0 Å². The Hall–Kier alpha value is -2.99. The van der Waals surface area contributed by atoms with E-state index in [0.717, 1.165) is 5.57 Å². The summed E-state index contributed by atoms with van der Waals surface area (Å²) in [7, 11) is 7.29. The molecule has 1 unspecified atom stereocenters. The summed E-state index contributed by atoms with van der Waals surface area (Å²) in [6.07, 6.45) is 3.72. The van der Waals surface area contributed by atoms with Crippen molar-refractivity contribution in [1.29, 1.82) is 10.8 Å². The molecule has 0 spiro atoms. The molecule has 0 radical (unpaired) electrons. The third-order valence-corrected chi connectivity index (χ3v) is 5.75. The van der Waals surface area contributed by atoms with Crippen LogP contribution in [0.15, 0.2) is 35.0 Å². The molecule has 35 heavy (non-hydrogen) atoms. The van der Waals surface area contributed by atoms with Crippen molar-refractivity contribution in [2.24, 2.45) is 10.4 Å². The Morgan fingerprint density at radius 2 is 2.03 bits per heavy atom. The van der Waals surface area contributed by atoms with E-state index in [1.165, 1.54) is 18.0 Å². The van der Waals surface area contributed by atoms with E-state index < -0.39 is 11.1 Å². The molecule has 0 aliphatic carbocycles. The van der Waals surface area contributed by atoms with E-state index in [1.54, 1.807) is 36.3 Å². The van der Waals surface area contributed by atoms with Crippen molar-refractivity contribution in [1.82, 2.24) is 25.6 Å². The van der Waals surface area contributed by atoms with Crippen molar-refractivity contribution in [3.63, 3.8) is 0 Å². The van der Waals surface area contributed by atoms with Gasteiger partial charge in [-0.15, -0.1) is 0 Å². The van der Waals surface area contributed by atoms with Crippen LogP contribution < -0.4 is 15.6 Å². The predicted octanol–water partition coefficient (Wildman–Crippen LogP) is 1.18. The maximum atomic E-state index is 12.7. The SMILES string of the molecule is CNCC(=NC(C)(O)c1cccc(N(C)C=C(C=N)CNN(C)C)n1)C(=N)N1CCC(C)(C)C1=O. The average Bonchev–Trinajstić information content (AvgIpc) is 3.07. The zero-order chi connectivity index (χ0) is 26.4. The molecule has 0 saturated carbocycles. The summed E-state index contributed by atoms with van der Waals surface area (Å²) in [5.41, 5.74) is 2.17. The minimum atomic E-state index is -1.73. The third kappa shape index (κ3) is 7.25. The van der Waals surface area contributed by atoms with E-state index in [2.05, 4.69) is 20.7 Å². The standard InChI is InChI=1S/C24H39N9O2/c1-23(2)11-12-33(22(23)34)21(26)18(15-27-4)30-24(3,35)19-9-8-10-20(29-19)32(7)16-17(13-25)14-28-31(5)6/h8-10,13,16,25-28,35H,11-12,14-15H2,1-7H3. The molecule has 11 heteroatoms. The Morgan fingerprint density at radius 3 is 2.57 bits per heavy atom. The van der Waals surface area contributed by atoms with Gasteiger partial charge in [0.25, 0.3) is 0 Å². The van der Waals surface area contributed by atoms with Crippen molar-refractivity contribution in [2.45, 2.75) is 32.9 Å². The maximum absolute atomic E-state index is 12.7. The van der Waals surface area contributed by atoms with E-state index in [9.17, 15) is 9.90 Å². The number of carbonyl (C=O) groups excluding carboxylic acids is 1. The average molecular weight is 486 g/mol. The van der Waals surface area contributed by atoms with Gasteiger partial charge in [0.15, 0.2) is 11.6 Å². The molecule has 1 amide bonds. The fourth-order valence-electron chi connectivity index (χ4n) is 3.58. The van der Waals surface area contributed by atoms with Gasteiger partial charge in [0.05, 0.1) is 11.4 Å². The summed E-state index contributed by atoms with van der Waals surface area (Å²) in [5, 5.41) is 32.3. The number of nitrogens with one attached hydrogen (secondary N) is 4. The summed E-state index contributed by atoms with van der Waals surface area (Å²) in [6.45, 7) is 6.38. The fourth-order valence-corrected chi connectivity index (χ4v) is 3.58. The third-order valence-electron chi connectivity index (χ3n) is 5.75. The molecule has 0 bridgehead atoms. The number of amidine groups is 1. The highest BCUT2D eigenvalue weighted by Crippen LogP contribution is 2.31. The first-order valence-electron chi connectivity index (χ1n) is 11.5. The largest absolute Gasteiger partial charge is 0.364 e. The molecule has 2 rings (SSSR count). The topological polar surface area (TPSA) is 144 Å². The molecule has 1 atom stereocenters. The summed E-state index contributed by atoms with van der Waals surface area (Å²) >= 11 is 0. The molecule has 192 valence electrons. The number of hydrazine groups is 1. The molecule has 1 fully saturated rings. The lowest BCUT2D eigenvalue weighted by Crippen LogP contribution is -2.43. The number of amides is 1. The smallest absolute Gasteiger partial charge is 0.233 e. The molecule has 5 N–H and O–H groups in total. The zero-order valence-electron chi connectivity index (χ0n) is 21.8. The second kappa shape index (κ2) is 11.6. The molecule has 1 aliphatic heterocycles. The molecule has 1 saturated heterocycles. The molecule has 2 heterocycles. The summed E-state index contributed by atoms with van der Waals surface area (Å²) in [6, 6.07) is 5.23. The number of aliphatic hydroxyl groups is 1. The first-order chi connectivity index (χ1) is 16.3. The molecule has 1 aromatic rings. The summed E-state index contributed by atoms with van der Waals surface area (Å²) in [5.74, 6) is 0.421. The summed E-state index contributed by atoms with van der Waals surface area (Å²) < 4.78 is 0. The van der Waals surface area contributed by atoms with Crippen LogP contribution in [0.25, 0.3) is 0 Å². The van der Waals surface area contributed by atoms with Crippen LogP contribution in [-0.2, 0) is 10.5 Å². The van der Waals surface area contributed by atoms with Crippen LogP contribution in [0.2, 0.25) is 0 Å². The number of carbonyl (C=O) groups is 1. The molecule has 11 nitrogen and oxygen atoms in total. The van der Waals surface area contributed by atoms with Crippen LogP contribution in [0.1, 0.15) is 32.9 Å². The number of pyridine rings is 1. The van der Waals surface area contributed by atoms with Gasteiger partial charge >= 0.3 is 0 Å². The van der Waals surface area contributed by atoms with Gasteiger partial charge in [-0.05, 0) is 32.5 Å². The number of hydrogen-bond donors (Lipinski definition) is 5. The monoisotopic (exact) mass is 485 g/mol. The van der Waals surface area contributed by atoms with Crippen LogP contribution in [0, 0.1) is 16.2 Å². The first-order valence-corrected chi connectivity index (χ1v) is 11.5. The van der Waals surface area contributed by atoms with E-state index >= 15 is 0 Å². The summed E-state index contributed by atoms with van der Waals surface area (Å²) in [4.78, 5) is 25.0. The Bertz CT molecular complexity index is 998. The molecular weight excluding hydrogens is 446 g/mol. The van der Waals surface area contributed by atoms with Crippen molar-refractivity contribution < 1.29 is 9.90 Å². The van der Waals surface area contributed by atoms with Gasteiger partial charge in [-0.2, -0.15) is 0 Å². The van der Waals surface area contributed by atoms with Crippen LogP contribution in [0.5, 0.6) is 0 Å². The Kier molecular flexibility index (Phi) is 9.38. The predicted molar refractivity (Wildman–Crippen MR) is 140 cm³/mol. The minimum Gasteiger partial charge on any atom is -0.364 e. The van der Waals surface area contributed by atoms with Gasteiger partial charge in [-0.3, -0.25) is 25.5 Å². The van der Waals surface area contributed by atoms with E-state index in [-0.39, 0.29) is 24.0 Å². The van der Waals surface area contributed by atoms with Gasteiger partial charge in [-0.1, -0.05) is 19.9 Å². The number of likely N-dealkylation sites (tertiary alicyclic amines) is 1. The fraction of sp³-hybridized carbons (Fsp3) is 0.542. The second-order valence-corrected chi connectivity index (χ2v) is 9.62. The molecule has 1 aliphatic rings. The number of hydrogen-bond acceptors (Lipinski definition) is 10. The molecule has 0 aromatic carbocycles. The first kappa shape index (κ1) is 28.2. The Labute approximate surface area is 207 Å². The molecule has 1 aromatic heterocycles. The lowest BCUT2D eigenvalue weighted by molar-refractivity contribution is -0.131. The van der Waals surface area contributed by atoms with E-state index in [0.29, 0.717) is 31.0 Å². The number of anilines is 1. The van der Waals surface area contributed by atoms with Crippen LogP contribution in [0.3, 0.4) is 0 Å². The lowest BCUT2D eigenvalue weighted by atomic mass is 9.92. The van der Waals surface area contributed by atoms with Crippen LogP contribution in [0.4, 0.5) is 5.82 Å². The highest BCUT2D eigenvalue weighted by Gasteiger charge is 2.41. The van der Waals surface area contributed by atoms with Gasteiger partial charge in [0.1, 0.15) is 5.82 Å². The number of aliphatic imine (C=N–C) groups is 1. The van der Waals surface area contributed by atoms with Crippen molar-refractivity contribution in [2.75, 3.05) is 52.7 Å². The quantitative estimate of drug-likeness (QED) is 0.180. The normalized spacial score (nSPS) is 18.1. The number of aromatic nitrogens is 1. The highest BCUT2D eigenvalue weighted by molar-refractivity contribution is 6.43. The second-order valence-electron chi connectivity index (χ2n) is 9.62. The van der Waals surface area contributed by atoms with Gasteiger partial charge < -0.3 is 20.7 Å². The Balaban J connectivity index is 2.33. The zero-order valence-corrected chi connectivity index (χ0v) is 21.8. The number of nitrogens with zero attached hydrogens (tertiary/aromatic N) is 5. The van der Waals surface area contributed by atoms with Gasteiger partial charge in [-0.25, -0.2) is 9.98 Å². The van der Waals surface area contributed by atoms with Crippen molar-refractivity contribution in [3.05, 3.63) is 35.7 Å².